The lowest BCUT2D eigenvalue weighted by Crippen LogP contribution is -2.34. The standard InChI is InChI=1S/C15H21FN2O2/c1-4-18(5-2)14(19)8-9-17-15(20)12-10-11(3)6-7-13(12)16/h6-7,10H,4-5,8-9H2,1-3H3,(H,17,20). The van der Waals surface area contributed by atoms with Gasteiger partial charge < -0.3 is 10.2 Å². The average molecular weight is 280 g/mol. The van der Waals surface area contributed by atoms with E-state index in [1.165, 1.54) is 12.1 Å². The van der Waals surface area contributed by atoms with Crippen LogP contribution in [0, 0.1) is 12.7 Å². The Morgan fingerprint density at radius 1 is 1.25 bits per heavy atom. The summed E-state index contributed by atoms with van der Waals surface area (Å²) in [5.74, 6) is -1.05. The van der Waals surface area contributed by atoms with E-state index in [9.17, 15) is 14.0 Å². The van der Waals surface area contributed by atoms with Crippen LogP contribution in [-0.2, 0) is 4.79 Å². The lowest BCUT2D eigenvalue weighted by molar-refractivity contribution is -0.130. The van der Waals surface area contributed by atoms with Crippen LogP contribution in [0.1, 0.15) is 36.2 Å². The summed E-state index contributed by atoms with van der Waals surface area (Å²) in [5.41, 5.74) is 0.830. The normalized spacial score (nSPS) is 10.2. The van der Waals surface area contributed by atoms with E-state index in [-0.39, 0.29) is 24.4 Å². The Morgan fingerprint density at radius 2 is 1.90 bits per heavy atom. The summed E-state index contributed by atoms with van der Waals surface area (Å²) >= 11 is 0. The maximum atomic E-state index is 13.5. The summed E-state index contributed by atoms with van der Waals surface area (Å²) in [7, 11) is 0. The van der Waals surface area contributed by atoms with Crippen molar-refractivity contribution in [2.45, 2.75) is 27.2 Å². The number of nitrogens with zero attached hydrogens (tertiary/aromatic N) is 1. The van der Waals surface area contributed by atoms with Crippen LogP contribution in [-0.4, -0.2) is 36.3 Å². The third kappa shape index (κ3) is 4.33. The van der Waals surface area contributed by atoms with Crippen molar-refractivity contribution < 1.29 is 14.0 Å². The zero-order chi connectivity index (χ0) is 15.1. The molecule has 1 aromatic carbocycles. The Hall–Kier alpha value is -1.91. The van der Waals surface area contributed by atoms with Crippen LogP contribution in [0.5, 0.6) is 0 Å². The molecule has 0 radical (unpaired) electrons. The molecule has 0 saturated carbocycles. The van der Waals surface area contributed by atoms with Gasteiger partial charge in [0.05, 0.1) is 5.56 Å². The van der Waals surface area contributed by atoms with Gasteiger partial charge >= 0.3 is 0 Å². The molecule has 0 aromatic heterocycles. The lowest BCUT2D eigenvalue weighted by atomic mass is 10.1. The highest BCUT2D eigenvalue weighted by atomic mass is 19.1. The molecule has 0 aliphatic rings. The molecule has 0 heterocycles. The number of benzene rings is 1. The number of halogens is 1. The second-order valence-corrected chi connectivity index (χ2v) is 4.56. The van der Waals surface area contributed by atoms with E-state index >= 15 is 0 Å². The molecule has 1 aromatic rings. The van der Waals surface area contributed by atoms with Crippen LogP contribution in [0.3, 0.4) is 0 Å². The summed E-state index contributed by atoms with van der Waals surface area (Å²) in [6.45, 7) is 7.11. The second-order valence-electron chi connectivity index (χ2n) is 4.56. The first-order valence-corrected chi connectivity index (χ1v) is 6.81. The van der Waals surface area contributed by atoms with Crippen LogP contribution >= 0.6 is 0 Å². The SMILES string of the molecule is CCN(CC)C(=O)CCNC(=O)c1cc(C)ccc1F. The van der Waals surface area contributed by atoms with E-state index in [0.29, 0.717) is 13.1 Å². The number of aryl methyl sites for hydroxylation is 1. The van der Waals surface area contributed by atoms with Gasteiger partial charge in [0.1, 0.15) is 5.82 Å². The number of carbonyl (C=O) groups is 2. The number of hydrogen-bond donors (Lipinski definition) is 1. The van der Waals surface area contributed by atoms with Crippen molar-refractivity contribution in [3.8, 4) is 0 Å². The van der Waals surface area contributed by atoms with Crippen molar-refractivity contribution in [2.24, 2.45) is 0 Å². The molecule has 2 amide bonds. The summed E-state index contributed by atoms with van der Waals surface area (Å²) in [5, 5.41) is 2.57. The number of nitrogens with one attached hydrogen (secondary N) is 1. The molecular formula is C15H21FN2O2. The largest absolute Gasteiger partial charge is 0.351 e. The number of rotatable bonds is 6. The van der Waals surface area contributed by atoms with E-state index in [2.05, 4.69) is 5.32 Å². The van der Waals surface area contributed by atoms with Gasteiger partial charge in [0.2, 0.25) is 5.91 Å². The highest BCUT2D eigenvalue weighted by Gasteiger charge is 2.13. The van der Waals surface area contributed by atoms with Crippen LogP contribution in [0.15, 0.2) is 18.2 Å². The van der Waals surface area contributed by atoms with Gasteiger partial charge in [-0.05, 0) is 32.9 Å². The van der Waals surface area contributed by atoms with Crippen molar-refractivity contribution >= 4 is 11.8 Å². The Bertz CT molecular complexity index is 485. The van der Waals surface area contributed by atoms with Crippen molar-refractivity contribution in [2.75, 3.05) is 19.6 Å². The molecule has 20 heavy (non-hydrogen) atoms. The predicted octanol–water partition coefficient (Wildman–Crippen LogP) is 2.12. The molecule has 0 aliphatic carbocycles. The minimum Gasteiger partial charge on any atom is -0.351 e. The highest BCUT2D eigenvalue weighted by molar-refractivity contribution is 5.94. The van der Waals surface area contributed by atoms with Crippen molar-refractivity contribution in [1.82, 2.24) is 10.2 Å². The summed E-state index contributed by atoms with van der Waals surface area (Å²) in [6, 6.07) is 4.37. The van der Waals surface area contributed by atoms with Gasteiger partial charge in [-0.2, -0.15) is 0 Å². The maximum Gasteiger partial charge on any atom is 0.254 e. The minimum atomic E-state index is -0.553. The van der Waals surface area contributed by atoms with Crippen LogP contribution in [0.4, 0.5) is 4.39 Å². The van der Waals surface area contributed by atoms with Crippen molar-refractivity contribution in [3.05, 3.63) is 35.1 Å². The zero-order valence-corrected chi connectivity index (χ0v) is 12.2. The van der Waals surface area contributed by atoms with Gasteiger partial charge in [-0.1, -0.05) is 11.6 Å². The van der Waals surface area contributed by atoms with E-state index in [0.717, 1.165) is 5.56 Å². The Morgan fingerprint density at radius 3 is 2.50 bits per heavy atom. The summed E-state index contributed by atoms with van der Waals surface area (Å²) in [6.07, 6.45) is 0.223. The van der Waals surface area contributed by atoms with E-state index in [4.69, 9.17) is 0 Å². The van der Waals surface area contributed by atoms with E-state index < -0.39 is 11.7 Å². The molecule has 0 aliphatic heterocycles. The molecule has 0 atom stereocenters. The molecule has 0 bridgehead atoms. The van der Waals surface area contributed by atoms with Gasteiger partial charge in [0.25, 0.3) is 5.91 Å². The zero-order valence-electron chi connectivity index (χ0n) is 12.2. The van der Waals surface area contributed by atoms with Crippen LogP contribution < -0.4 is 5.32 Å². The van der Waals surface area contributed by atoms with Crippen LogP contribution in [0.25, 0.3) is 0 Å². The number of hydrogen-bond acceptors (Lipinski definition) is 2. The molecule has 0 fully saturated rings. The fourth-order valence-electron chi connectivity index (χ4n) is 1.93. The molecule has 0 unspecified atom stereocenters. The molecule has 110 valence electrons. The molecule has 4 nitrogen and oxygen atoms in total. The van der Waals surface area contributed by atoms with Crippen LogP contribution in [0.2, 0.25) is 0 Å². The molecule has 1 N–H and O–H groups in total. The third-order valence-electron chi connectivity index (χ3n) is 3.11. The first-order chi connectivity index (χ1) is 9.49. The van der Waals surface area contributed by atoms with Gasteiger partial charge in [-0.15, -0.1) is 0 Å². The number of amides is 2. The summed E-state index contributed by atoms with van der Waals surface area (Å²) < 4.78 is 13.5. The predicted molar refractivity (Wildman–Crippen MR) is 76.0 cm³/mol. The summed E-state index contributed by atoms with van der Waals surface area (Å²) in [4.78, 5) is 25.3. The third-order valence-corrected chi connectivity index (χ3v) is 3.11. The first-order valence-electron chi connectivity index (χ1n) is 6.81. The Kier molecular flexibility index (Phi) is 6.15. The van der Waals surface area contributed by atoms with Gasteiger partial charge in [-0.3, -0.25) is 9.59 Å². The van der Waals surface area contributed by atoms with Crippen molar-refractivity contribution in [3.63, 3.8) is 0 Å². The fraction of sp³-hybridized carbons (Fsp3) is 0.467. The van der Waals surface area contributed by atoms with E-state index in [1.54, 1.807) is 17.9 Å². The molecule has 0 saturated heterocycles. The monoisotopic (exact) mass is 280 g/mol. The molecular weight excluding hydrogens is 259 g/mol. The van der Waals surface area contributed by atoms with Gasteiger partial charge in [-0.25, -0.2) is 4.39 Å². The lowest BCUT2D eigenvalue weighted by Gasteiger charge is -2.18. The molecule has 0 spiro atoms. The second kappa shape index (κ2) is 7.62. The fourth-order valence-corrected chi connectivity index (χ4v) is 1.93. The topological polar surface area (TPSA) is 49.4 Å². The smallest absolute Gasteiger partial charge is 0.254 e. The molecule has 1 rings (SSSR count). The van der Waals surface area contributed by atoms with E-state index in [1.807, 2.05) is 13.8 Å². The number of carbonyl (C=O) groups excluding carboxylic acids is 2. The first kappa shape index (κ1) is 16.1. The molecule has 5 heteroatoms. The van der Waals surface area contributed by atoms with Gasteiger partial charge in [0.15, 0.2) is 0 Å². The Balaban J connectivity index is 2.52. The highest BCUT2D eigenvalue weighted by Crippen LogP contribution is 2.09. The average Bonchev–Trinajstić information content (AvgIpc) is 2.42. The van der Waals surface area contributed by atoms with Crippen molar-refractivity contribution in [1.29, 1.82) is 0 Å². The minimum absolute atomic E-state index is 0.0139. The van der Waals surface area contributed by atoms with Gasteiger partial charge in [0, 0.05) is 26.1 Å². The maximum absolute atomic E-state index is 13.5. The Labute approximate surface area is 119 Å². The quantitative estimate of drug-likeness (QED) is 0.867.